The van der Waals surface area contributed by atoms with Crippen LogP contribution in [-0.4, -0.2) is 45.8 Å². The first-order valence-electron chi connectivity index (χ1n) is 6.18. The first-order chi connectivity index (χ1) is 8.11. The predicted octanol–water partition coefficient (Wildman–Crippen LogP) is 0.988. The average molecular weight is 248 g/mol. The van der Waals surface area contributed by atoms with Crippen LogP contribution >= 0.6 is 0 Å². The Morgan fingerprint density at radius 1 is 1.24 bits per heavy atom. The van der Waals surface area contributed by atoms with Gasteiger partial charge < -0.3 is 10.2 Å². The molecule has 0 bridgehead atoms. The van der Waals surface area contributed by atoms with Crippen LogP contribution in [-0.2, 0) is 4.79 Å². The molecule has 0 rings (SSSR count). The summed E-state index contributed by atoms with van der Waals surface area (Å²) in [6.07, 6.45) is 6.56. The van der Waals surface area contributed by atoms with E-state index in [4.69, 9.17) is 10.2 Å². The Kier molecular flexibility index (Phi) is 10.0. The van der Waals surface area contributed by atoms with Crippen molar-refractivity contribution >= 4 is 5.97 Å². The molecule has 0 heterocycles. The van der Waals surface area contributed by atoms with E-state index in [0.29, 0.717) is 6.54 Å². The molecule has 0 fully saturated rings. The Hall–Kier alpha value is -0.690. The van der Waals surface area contributed by atoms with Crippen LogP contribution in [0.5, 0.6) is 0 Å². The number of hydrogen-bond acceptors (Lipinski definition) is 5. The highest BCUT2D eigenvalue weighted by Crippen LogP contribution is 2.04. The van der Waals surface area contributed by atoms with Gasteiger partial charge in [-0.2, -0.15) is 0 Å². The number of carboxylic acid groups (broad SMARTS) is 1. The SMILES string of the molecule is CCCCCCCCN(O)N[C@@H](CO)C(=O)O. The van der Waals surface area contributed by atoms with Gasteiger partial charge in [-0.1, -0.05) is 39.0 Å². The van der Waals surface area contributed by atoms with Crippen LogP contribution in [0.1, 0.15) is 45.4 Å². The van der Waals surface area contributed by atoms with Crippen LogP contribution < -0.4 is 5.43 Å². The van der Waals surface area contributed by atoms with Crippen LogP contribution in [0.2, 0.25) is 0 Å². The quantitative estimate of drug-likeness (QED) is 0.322. The van der Waals surface area contributed by atoms with Gasteiger partial charge in [-0.3, -0.25) is 10.0 Å². The molecule has 0 amide bonds. The first kappa shape index (κ1) is 16.3. The highest BCUT2D eigenvalue weighted by molar-refractivity contribution is 5.73. The van der Waals surface area contributed by atoms with E-state index in [1.165, 1.54) is 19.3 Å². The zero-order chi connectivity index (χ0) is 13.1. The molecule has 0 saturated carbocycles. The summed E-state index contributed by atoms with van der Waals surface area (Å²) in [6.45, 7) is 1.96. The number of aliphatic carboxylic acids is 1. The molecule has 0 radical (unpaired) electrons. The van der Waals surface area contributed by atoms with E-state index in [-0.39, 0.29) is 0 Å². The zero-order valence-electron chi connectivity index (χ0n) is 10.4. The molecule has 0 saturated heterocycles. The summed E-state index contributed by atoms with van der Waals surface area (Å²) in [5.74, 6) is -1.19. The fourth-order valence-electron chi connectivity index (χ4n) is 1.46. The molecule has 0 unspecified atom stereocenters. The lowest BCUT2D eigenvalue weighted by molar-refractivity contribution is -0.167. The second kappa shape index (κ2) is 10.5. The Labute approximate surface area is 102 Å². The van der Waals surface area contributed by atoms with E-state index in [1.807, 2.05) is 0 Å². The van der Waals surface area contributed by atoms with Crippen LogP contribution in [0, 0.1) is 0 Å². The molecule has 102 valence electrons. The van der Waals surface area contributed by atoms with E-state index < -0.39 is 18.6 Å². The number of hydroxylamine groups is 1. The van der Waals surface area contributed by atoms with Gasteiger partial charge in [0.2, 0.25) is 0 Å². The number of unbranched alkanes of at least 4 members (excludes halogenated alkanes) is 5. The summed E-state index contributed by atoms with van der Waals surface area (Å²) in [5, 5.41) is 27.5. The molecule has 0 aliphatic heterocycles. The minimum Gasteiger partial charge on any atom is -0.480 e. The molecule has 17 heavy (non-hydrogen) atoms. The zero-order valence-corrected chi connectivity index (χ0v) is 10.4. The minimum absolute atomic E-state index is 0.357. The number of aliphatic hydroxyl groups is 1. The standard InChI is InChI=1S/C11H24N2O4/c1-2-3-4-5-6-7-8-13(17)12-10(9-14)11(15)16/h10,12,14,17H,2-9H2,1H3,(H,15,16)/t10-/m0/s1. The Morgan fingerprint density at radius 3 is 2.35 bits per heavy atom. The van der Waals surface area contributed by atoms with Crippen molar-refractivity contribution in [3.05, 3.63) is 0 Å². The van der Waals surface area contributed by atoms with Gasteiger partial charge in [0, 0.05) is 6.54 Å². The normalized spacial score (nSPS) is 12.9. The second-order valence-electron chi connectivity index (χ2n) is 4.09. The largest absolute Gasteiger partial charge is 0.480 e. The molecule has 0 aromatic rings. The molecule has 6 heteroatoms. The van der Waals surface area contributed by atoms with Crippen molar-refractivity contribution < 1.29 is 20.2 Å². The number of nitrogens with one attached hydrogen (secondary N) is 1. The Bertz CT molecular complexity index is 202. The number of rotatable bonds is 11. The van der Waals surface area contributed by atoms with Gasteiger partial charge in [0.15, 0.2) is 0 Å². The highest BCUT2D eigenvalue weighted by atomic mass is 16.5. The third-order valence-electron chi connectivity index (χ3n) is 2.51. The van der Waals surface area contributed by atoms with Gasteiger partial charge in [-0.25, -0.2) is 5.43 Å². The Morgan fingerprint density at radius 2 is 1.82 bits per heavy atom. The number of carboxylic acids is 1. The Balaban J connectivity index is 3.51. The summed E-state index contributed by atoms with van der Waals surface area (Å²) in [4.78, 5) is 10.6. The summed E-state index contributed by atoms with van der Waals surface area (Å²) in [5.41, 5.74) is 2.31. The molecule has 0 aliphatic rings. The molecular formula is C11H24N2O4. The molecular weight excluding hydrogens is 224 g/mol. The van der Waals surface area contributed by atoms with Gasteiger partial charge in [0.1, 0.15) is 6.04 Å². The molecule has 4 N–H and O–H groups in total. The maximum absolute atomic E-state index is 10.6. The number of carbonyl (C=O) groups is 1. The number of hydrazine groups is 1. The van der Waals surface area contributed by atoms with E-state index in [0.717, 1.165) is 24.4 Å². The van der Waals surface area contributed by atoms with E-state index in [1.54, 1.807) is 0 Å². The topological polar surface area (TPSA) is 93.0 Å². The summed E-state index contributed by atoms with van der Waals surface area (Å²) < 4.78 is 0. The molecule has 1 atom stereocenters. The lowest BCUT2D eigenvalue weighted by atomic mass is 10.1. The summed E-state index contributed by atoms with van der Waals surface area (Å²) in [6, 6.07) is -1.15. The van der Waals surface area contributed by atoms with E-state index in [9.17, 15) is 10.0 Å². The molecule has 0 aliphatic carbocycles. The minimum atomic E-state index is -1.19. The maximum atomic E-state index is 10.6. The van der Waals surface area contributed by atoms with Crippen molar-refractivity contribution in [1.82, 2.24) is 10.6 Å². The molecule has 0 aromatic carbocycles. The lowest BCUT2D eigenvalue weighted by Crippen LogP contribution is -2.49. The monoisotopic (exact) mass is 248 g/mol. The average Bonchev–Trinajstić information content (AvgIpc) is 2.30. The van der Waals surface area contributed by atoms with Gasteiger partial charge in [-0.05, 0) is 6.42 Å². The van der Waals surface area contributed by atoms with Gasteiger partial charge in [0.25, 0.3) is 0 Å². The molecule has 0 aromatic heterocycles. The maximum Gasteiger partial charge on any atom is 0.324 e. The van der Waals surface area contributed by atoms with Crippen LogP contribution in [0.4, 0.5) is 0 Å². The van der Waals surface area contributed by atoms with Crippen molar-refractivity contribution in [2.24, 2.45) is 0 Å². The van der Waals surface area contributed by atoms with Gasteiger partial charge in [0.05, 0.1) is 6.61 Å². The van der Waals surface area contributed by atoms with Crippen molar-refractivity contribution in [2.75, 3.05) is 13.2 Å². The predicted molar refractivity (Wildman–Crippen MR) is 63.5 cm³/mol. The van der Waals surface area contributed by atoms with Crippen LogP contribution in [0.3, 0.4) is 0 Å². The van der Waals surface area contributed by atoms with Crippen molar-refractivity contribution in [2.45, 2.75) is 51.5 Å². The second-order valence-corrected chi connectivity index (χ2v) is 4.09. The highest BCUT2D eigenvalue weighted by Gasteiger charge is 2.17. The van der Waals surface area contributed by atoms with Crippen molar-refractivity contribution in [3.63, 3.8) is 0 Å². The van der Waals surface area contributed by atoms with Gasteiger partial charge >= 0.3 is 5.97 Å². The number of aliphatic hydroxyl groups excluding tert-OH is 1. The third-order valence-corrected chi connectivity index (χ3v) is 2.51. The molecule has 6 nitrogen and oxygen atoms in total. The van der Waals surface area contributed by atoms with E-state index in [2.05, 4.69) is 12.3 Å². The fraction of sp³-hybridized carbons (Fsp3) is 0.909. The molecule has 0 spiro atoms. The third kappa shape index (κ3) is 9.05. The smallest absolute Gasteiger partial charge is 0.324 e. The number of nitrogens with zero attached hydrogens (tertiary/aromatic N) is 1. The first-order valence-corrected chi connectivity index (χ1v) is 6.18. The summed E-state index contributed by atoms with van der Waals surface area (Å²) in [7, 11) is 0. The van der Waals surface area contributed by atoms with Crippen LogP contribution in [0.25, 0.3) is 0 Å². The van der Waals surface area contributed by atoms with E-state index >= 15 is 0 Å². The lowest BCUT2D eigenvalue weighted by Gasteiger charge is -2.19. The van der Waals surface area contributed by atoms with Crippen LogP contribution in [0.15, 0.2) is 0 Å². The van der Waals surface area contributed by atoms with Crippen molar-refractivity contribution in [1.29, 1.82) is 0 Å². The summed E-state index contributed by atoms with van der Waals surface area (Å²) >= 11 is 0. The fourth-order valence-corrected chi connectivity index (χ4v) is 1.46. The van der Waals surface area contributed by atoms with Gasteiger partial charge in [-0.15, -0.1) is 5.17 Å². The van der Waals surface area contributed by atoms with Crippen molar-refractivity contribution in [3.8, 4) is 0 Å². The number of hydrogen-bond donors (Lipinski definition) is 4.